The number of hydrogen-bond donors (Lipinski definition) is 2. The Labute approximate surface area is 123 Å². The molecule has 0 radical (unpaired) electrons. The largest absolute Gasteiger partial charge is 0.336 e. The lowest BCUT2D eigenvalue weighted by atomic mass is 10.3. The van der Waals surface area contributed by atoms with E-state index in [9.17, 15) is 4.79 Å². The van der Waals surface area contributed by atoms with Crippen molar-refractivity contribution in [3.05, 3.63) is 34.6 Å². The van der Waals surface area contributed by atoms with E-state index in [0.717, 1.165) is 0 Å². The molecule has 0 atom stereocenters. The van der Waals surface area contributed by atoms with E-state index < -0.39 is 0 Å². The lowest BCUT2D eigenvalue weighted by Gasteiger charge is -2.07. The molecule has 0 aliphatic carbocycles. The van der Waals surface area contributed by atoms with Gasteiger partial charge in [0.25, 0.3) is 0 Å². The maximum atomic E-state index is 11.8. The highest BCUT2D eigenvalue weighted by molar-refractivity contribution is 7.99. The molecule has 3 N–H and O–H groups in total. The Bertz CT molecular complexity index is 603. The molecule has 2 aromatic rings. The standard InChI is InChI=1S/C10H9Cl2N5OS/c11-6-1-2-7(12)8(3-6)15-9(18)4-19-10-16-14-5-17(10)13/h1-3,5H,4,13H2,(H,15,18). The zero-order chi connectivity index (χ0) is 13.8. The highest BCUT2D eigenvalue weighted by Gasteiger charge is 2.09. The summed E-state index contributed by atoms with van der Waals surface area (Å²) in [6, 6.07) is 4.84. The fourth-order valence-electron chi connectivity index (χ4n) is 1.24. The van der Waals surface area contributed by atoms with Crippen molar-refractivity contribution in [2.24, 2.45) is 0 Å². The minimum Gasteiger partial charge on any atom is -0.336 e. The number of nitrogens with zero attached hydrogens (tertiary/aromatic N) is 3. The Hall–Kier alpha value is -1.44. The van der Waals surface area contributed by atoms with Crippen molar-refractivity contribution in [2.75, 3.05) is 16.9 Å². The summed E-state index contributed by atoms with van der Waals surface area (Å²) in [6.45, 7) is 0. The summed E-state index contributed by atoms with van der Waals surface area (Å²) in [6.07, 6.45) is 1.36. The van der Waals surface area contributed by atoms with Gasteiger partial charge >= 0.3 is 0 Å². The Morgan fingerprint density at radius 2 is 2.26 bits per heavy atom. The summed E-state index contributed by atoms with van der Waals surface area (Å²) in [5, 5.41) is 11.4. The number of carbonyl (C=O) groups excluding carboxylic acids is 1. The molecule has 1 aromatic heterocycles. The van der Waals surface area contributed by atoms with Gasteiger partial charge in [0, 0.05) is 5.02 Å². The number of nitrogen functional groups attached to an aromatic ring is 1. The van der Waals surface area contributed by atoms with Crippen molar-refractivity contribution in [3.8, 4) is 0 Å². The quantitative estimate of drug-likeness (QED) is 0.665. The first-order chi connectivity index (χ1) is 9.06. The van der Waals surface area contributed by atoms with Crippen LogP contribution in [0.5, 0.6) is 0 Å². The van der Waals surface area contributed by atoms with E-state index in [-0.39, 0.29) is 11.7 Å². The van der Waals surface area contributed by atoms with Crippen molar-refractivity contribution < 1.29 is 4.79 Å². The van der Waals surface area contributed by atoms with E-state index >= 15 is 0 Å². The number of halogens is 2. The van der Waals surface area contributed by atoms with E-state index in [0.29, 0.717) is 20.9 Å². The minimum absolute atomic E-state index is 0.138. The number of nitrogens with two attached hydrogens (primary N) is 1. The second-order valence-electron chi connectivity index (χ2n) is 3.48. The van der Waals surface area contributed by atoms with Crippen LogP contribution in [-0.4, -0.2) is 26.5 Å². The van der Waals surface area contributed by atoms with Crippen LogP contribution >= 0.6 is 35.0 Å². The van der Waals surface area contributed by atoms with Gasteiger partial charge in [-0.25, -0.2) is 4.68 Å². The highest BCUT2D eigenvalue weighted by atomic mass is 35.5. The molecule has 0 saturated carbocycles. The fourth-order valence-corrected chi connectivity index (χ4v) is 2.22. The maximum absolute atomic E-state index is 11.8. The molecule has 0 spiro atoms. The predicted molar refractivity (Wildman–Crippen MR) is 76.0 cm³/mol. The third kappa shape index (κ3) is 3.76. The number of aromatic nitrogens is 3. The Morgan fingerprint density at radius 1 is 1.47 bits per heavy atom. The van der Waals surface area contributed by atoms with Crippen molar-refractivity contribution in [2.45, 2.75) is 5.16 Å². The number of rotatable bonds is 4. The maximum Gasteiger partial charge on any atom is 0.234 e. The van der Waals surface area contributed by atoms with Gasteiger partial charge in [-0.15, -0.1) is 10.2 Å². The number of anilines is 1. The van der Waals surface area contributed by atoms with Crippen LogP contribution in [0.4, 0.5) is 5.69 Å². The van der Waals surface area contributed by atoms with E-state index in [1.807, 2.05) is 0 Å². The summed E-state index contributed by atoms with van der Waals surface area (Å²) >= 11 is 12.9. The summed E-state index contributed by atoms with van der Waals surface area (Å²) in [5.41, 5.74) is 0.467. The van der Waals surface area contributed by atoms with Gasteiger partial charge in [0.1, 0.15) is 6.33 Å². The van der Waals surface area contributed by atoms with Crippen LogP contribution in [0.15, 0.2) is 29.7 Å². The second kappa shape index (κ2) is 6.14. The predicted octanol–water partition coefficient (Wildman–Crippen LogP) is 2.03. The van der Waals surface area contributed by atoms with Gasteiger partial charge in [-0.05, 0) is 18.2 Å². The molecule has 1 aromatic carbocycles. The Balaban J connectivity index is 1.94. The number of carbonyl (C=O) groups is 1. The van der Waals surface area contributed by atoms with Gasteiger partial charge in [0.15, 0.2) is 0 Å². The number of thioether (sulfide) groups is 1. The molecule has 2 rings (SSSR count). The second-order valence-corrected chi connectivity index (χ2v) is 5.27. The number of nitrogens with one attached hydrogen (secondary N) is 1. The Morgan fingerprint density at radius 3 is 2.95 bits per heavy atom. The monoisotopic (exact) mass is 317 g/mol. The summed E-state index contributed by atoms with van der Waals surface area (Å²) in [7, 11) is 0. The topological polar surface area (TPSA) is 85.8 Å². The van der Waals surface area contributed by atoms with Gasteiger partial charge in [0.2, 0.25) is 11.1 Å². The van der Waals surface area contributed by atoms with Gasteiger partial charge in [-0.3, -0.25) is 4.79 Å². The van der Waals surface area contributed by atoms with Crippen LogP contribution in [0.1, 0.15) is 0 Å². The van der Waals surface area contributed by atoms with Gasteiger partial charge < -0.3 is 11.2 Å². The molecule has 1 amide bonds. The van der Waals surface area contributed by atoms with Crippen LogP contribution in [0.25, 0.3) is 0 Å². The average molecular weight is 318 g/mol. The SMILES string of the molecule is Nn1cnnc1SCC(=O)Nc1cc(Cl)ccc1Cl. The van der Waals surface area contributed by atoms with Crippen LogP contribution in [0, 0.1) is 0 Å². The first-order valence-corrected chi connectivity index (χ1v) is 6.83. The van der Waals surface area contributed by atoms with Crippen LogP contribution in [0.3, 0.4) is 0 Å². The molecule has 0 aliphatic rings. The zero-order valence-corrected chi connectivity index (χ0v) is 11.8. The normalized spacial score (nSPS) is 10.4. The first-order valence-electron chi connectivity index (χ1n) is 5.09. The molecule has 0 saturated heterocycles. The molecule has 9 heteroatoms. The molecule has 0 aliphatic heterocycles. The lowest BCUT2D eigenvalue weighted by molar-refractivity contribution is -0.113. The Kier molecular flexibility index (Phi) is 4.52. The third-order valence-corrected chi connectivity index (χ3v) is 3.60. The highest BCUT2D eigenvalue weighted by Crippen LogP contribution is 2.25. The van der Waals surface area contributed by atoms with Gasteiger partial charge in [0.05, 0.1) is 16.5 Å². The van der Waals surface area contributed by atoms with Crippen LogP contribution < -0.4 is 11.2 Å². The summed E-state index contributed by atoms with van der Waals surface area (Å²) in [5.74, 6) is 5.42. The lowest BCUT2D eigenvalue weighted by Crippen LogP contribution is -2.16. The van der Waals surface area contributed by atoms with Crippen molar-refractivity contribution in [1.82, 2.24) is 14.9 Å². The van der Waals surface area contributed by atoms with E-state index in [2.05, 4.69) is 15.5 Å². The summed E-state index contributed by atoms with van der Waals surface area (Å²) in [4.78, 5) is 11.8. The third-order valence-electron chi connectivity index (χ3n) is 2.08. The molecular formula is C10H9Cl2N5OS. The van der Waals surface area contributed by atoms with Crippen LogP contribution in [-0.2, 0) is 4.79 Å². The minimum atomic E-state index is -0.239. The zero-order valence-electron chi connectivity index (χ0n) is 9.51. The van der Waals surface area contributed by atoms with Crippen molar-refractivity contribution in [1.29, 1.82) is 0 Å². The molecule has 100 valence electrons. The number of hydrogen-bond acceptors (Lipinski definition) is 5. The van der Waals surface area contributed by atoms with E-state index in [4.69, 9.17) is 29.0 Å². The fraction of sp³-hybridized carbons (Fsp3) is 0.100. The van der Waals surface area contributed by atoms with Crippen LogP contribution in [0.2, 0.25) is 10.0 Å². The van der Waals surface area contributed by atoms with Gasteiger partial charge in [-0.2, -0.15) is 0 Å². The number of amides is 1. The van der Waals surface area contributed by atoms with Crippen molar-refractivity contribution >= 4 is 46.6 Å². The molecule has 19 heavy (non-hydrogen) atoms. The molecule has 0 bridgehead atoms. The smallest absolute Gasteiger partial charge is 0.234 e. The molecule has 0 fully saturated rings. The average Bonchev–Trinajstić information content (AvgIpc) is 2.77. The first kappa shape index (κ1) is 14.0. The van der Waals surface area contributed by atoms with E-state index in [1.54, 1.807) is 18.2 Å². The van der Waals surface area contributed by atoms with E-state index in [1.165, 1.54) is 22.8 Å². The van der Waals surface area contributed by atoms with Gasteiger partial charge in [-0.1, -0.05) is 35.0 Å². The molecule has 0 unspecified atom stereocenters. The molecular weight excluding hydrogens is 309 g/mol. The van der Waals surface area contributed by atoms with Crippen molar-refractivity contribution in [3.63, 3.8) is 0 Å². The number of benzene rings is 1. The molecule has 1 heterocycles. The summed E-state index contributed by atoms with van der Waals surface area (Å²) < 4.78 is 1.24. The molecule has 6 nitrogen and oxygen atoms in total.